The van der Waals surface area contributed by atoms with E-state index in [1.807, 2.05) is 115 Å². The molecule has 0 aliphatic rings. The van der Waals surface area contributed by atoms with E-state index in [1.54, 1.807) is 0 Å². The van der Waals surface area contributed by atoms with Crippen LogP contribution < -0.4 is 0 Å². The number of hydrogen-bond acceptors (Lipinski definition) is 4. The smallest absolute Gasteiger partial charge is 0.164 e. The predicted molar refractivity (Wildman–Crippen MR) is 235 cm³/mol. The van der Waals surface area contributed by atoms with Gasteiger partial charge in [-0.2, -0.15) is 0 Å². The van der Waals surface area contributed by atoms with Crippen molar-refractivity contribution in [1.82, 2.24) is 15.0 Å². The molecular formula is C53H33N3O. The van der Waals surface area contributed by atoms with Gasteiger partial charge >= 0.3 is 0 Å². The maximum Gasteiger partial charge on any atom is 0.164 e. The van der Waals surface area contributed by atoms with Gasteiger partial charge in [-0.05, 0) is 97.3 Å². The van der Waals surface area contributed by atoms with Gasteiger partial charge in [0.05, 0.1) is 9.60 Å². The summed E-state index contributed by atoms with van der Waals surface area (Å²) in [7, 11) is 0. The third-order valence-electron chi connectivity index (χ3n) is 10.4. The molecule has 2 heterocycles. The normalized spacial score (nSPS) is 13.2. The second-order valence-corrected chi connectivity index (χ2v) is 13.9. The van der Waals surface area contributed by atoms with Crippen LogP contribution in [0.15, 0.2) is 204 Å². The van der Waals surface area contributed by atoms with Crippen LogP contribution in [0.2, 0.25) is 0 Å². The van der Waals surface area contributed by atoms with Crippen LogP contribution in [0.5, 0.6) is 0 Å². The van der Waals surface area contributed by atoms with E-state index in [9.17, 15) is 4.11 Å². The zero-order valence-electron chi connectivity index (χ0n) is 37.3. The molecule has 11 aromatic rings. The molecule has 0 N–H and O–H groups in total. The van der Waals surface area contributed by atoms with Crippen molar-refractivity contribution in [3.05, 3.63) is 200 Å². The molecule has 0 unspecified atom stereocenters. The number of nitrogens with zero attached hydrogens (tertiary/aromatic N) is 3. The van der Waals surface area contributed by atoms with Crippen LogP contribution in [0.1, 0.15) is 9.60 Å². The maximum atomic E-state index is 9.77. The Hall–Kier alpha value is -7.69. The lowest BCUT2D eigenvalue weighted by Crippen LogP contribution is -2.00. The summed E-state index contributed by atoms with van der Waals surface area (Å²) in [6, 6.07) is 49.5. The maximum absolute atomic E-state index is 9.77. The molecule has 0 amide bonds. The number of hydrogen-bond donors (Lipinski definition) is 0. The average Bonchev–Trinajstić information content (AvgIpc) is 3.76. The molecule has 0 saturated heterocycles. The van der Waals surface area contributed by atoms with Crippen molar-refractivity contribution < 1.29 is 14.0 Å². The summed E-state index contributed by atoms with van der Waals surface area (Å²) < 4.78 is 68.6. The summed E-state index contributed by atoms with van der Waals surface area (Å²) in [6.07, 6.45) is 0. The second kappa shape index (κ2) is 13.6. The molecule has 4 nitrogen and oxygen atoms in total. The van der Waals surface area contributed by atoms with Gasteiger partial charge in [-0.3, -0.25) is 0 Å². The molecule has 11 rings (SSSR count). The number of aromatic nitrogens is 3. The standard InChI is InChI=1S/C53H33N3O/c1-3-14-35(15-4-1)51-54-52(36-16-5-2-6-17-36)56-53(55-51)41-20-11-19-37(29-41)42-30-38-25-26-39(44-23-12-18-34-13-7-8-21-43(34)44)31-46(38)47(33-42)40-27-28-50-48(32-40)45-22-9-10-24-49(45)57-50/h1-33H/i9D,10D,22D,24D,27D,28D,32D. The molecule has 4 heteroatoms. The predicted octanol–water partition coefficient (Wildman–Crippen LogP) is 14.1. The summed E-state index contributed by atoms with van der Waals surface area (Å²) in [5, 5.41) is 3.78. The monoisotopic (exact) mass is 734 g/mol. The SMILES string of the molecule is [2H]c1c([2H])c([2H])c2c(oc3c([2H])c([2H])c(-c4cc(-c5cccc(-c6nc(-c7ccccc7)nc(-c7ccccc7)n6)c5)cc5ccc(-c6cccc7ccccc67)cc45)c([2H])c32)c1[2H]. The molecule has 0 aliphatic carbocycles. The van der Waals surface area contributed by atoms with E-state index < -0.39 is 18.1 Å². The van der Waals surface area contributed by atoms with Gasteiger partial charge in [-0.15, -0.1) is 0 Å². The first-order chi connectivity index (χ1) is 31.1. The highest BCUT2D eigenvalue weighted by Gasteiger charge is 2.16. The topological polar surface area (TPSA) is 51.8 Å². The molecule has 0 spiro atoms. The third-order valence-corrected chi connectivity index (χ3v) is 10.4. The van der Waals surface area contributed by atoms with Crippen LogP contribution in [0, 0.1) is 0 Å². The first-order valence-corrected chi connectivity index (χ1v) is 18.6. The molecule has 0 fully saturated rings. The lowest BCUT2D eigenvalue weighted by molar-refractivity contribution is 0.669. The van der Waals surface area contributed by atoms with Crippen LogP contribution in [-0.2, 0) is 0 Å². The Morgan fingerprint density at radius 2 is 1.00 bits per heavy atom. The Morgan fingerprint density at radius 1 is 0.351 bits per heavy atom. The fourth-order valence-electron chi connectivity index (χ4n) is 7.59. The minimum atomic E-state index is -0.479. The Morgan fingerprint density at radius 3 is 1.81 bits per heavy atom. The van der Waals surface area contributed by atoms with Crippen molar-refractivity contribution in [2.45, 2.75) is 0 Å². The zero-order valence-corrected chi connectivity index (χ0v) is 30.3. The third kappa shape index (κ3) is 5.92. The van der Waals surface area contributed by atoms with E-state index in [2.05, 4.69) is 42.5 Å². The van der Waals surface area contributed by atoms with E-state index in [1.165, 1.54) is 0 Å². The van der Waals surface area contributed by atoms with Gasteiger partial charge in [0.2, 0.25) is 0 Å². The summed E-state index contributed by atoms with van der Waals surface area (Å²) in [5.41, 5.74) is 6.34. The summed E-state index contributed by atoms with van der Waals surface area (Å²) in [6.45, 7) is 0. The molecule has 0 aliphatic heterocycles. The van der Waals surface area contributed by atoms with Crippen LogP contribution in [0.3, 0.4) is 0 Å². The first kappa shape index (κ1) is 26.2. The van der Waals surface area contributed by atoms with E-state index >= 15 is 0 Å². The van der Waals surface area contributed by atoms with Crippen molar-refractivity contribution in [3.8, 4) is 67.5 Å². The largest absolute Gasteiger partial charge is 0.456 e. The lowest BCUT2D eigenvalue weighted by atomic mass is 9.89. The molecule has 2 aromatic heterocycles. The Labute approximate surface area is 339 Å². The van der Waals surface area contributed by atoms with Crippen molar-refractivity contribution in [2.24, 2.45) is 0 Å². The van der Waals surface area contributed by atoms with Crippen molar-refractivity contribution in [3.63, 3.8) is 0 Å². The Bertz CT molecular complexity index is 3640. The molecular weight excluding hydrogens is 695 g/mol. The van der Waals surface area contributed by atoms with Gasteiger partial charge in [0.15, 0.2) is 17.5 Å². The number of furan rings is 1. The minimum absolute atomic E-state index is 0.00690. The average molecular weight is 735 g/mol. The molecule has 266 valence electrons. The fraction of sp³-hybridized carbons (Fsp3) is 0. The second-order valence-electron chi connectivity index (χ2n) is 13.9. The number of benzene rings is 9. The van der Waals surface area contributed by atoms with Gasteiger partial charge in [-0.25, -0.2) is 15.0 Å². The van der Waals surface area contributed by atoms with Gasteiger partial charge in [0.25, 0.3) is 0 Å². The van der Waals surface area contributed by atoms with Gasteiger partial charge in [0.1, 0.15) is 11.2 Å². The van der Waals surface area contributed by atoms with E-state index in [0.717, 1.165) is 60.5 Å². The molecule has 0 radical (unpaired) electrons. The molecule has 57 heavy (non-hydrogen) atoms. The van der Waals surface area contributed by atoms with Crippen LogP contribution in [0.4, 0.5) is 0 Å². The molecule has 0 saturated carbocycles. The van der Waals surface area contributed by atoms with E-state index in [-0.39, 0.29) is 51.7 Å². The number of fused-ring (bicyclic) bond motifs is 5. The first-order valence-electron chi connectivity index (χ1n) is 22.1. The van der Waals surface area contributed by atoms with Gasteiger partial charge in [0, 0.05) is 27.5 Å². The highest BCUT2D eigenvalue weighted by molar-refractivity contribution is 6.09. The van der Waals surface area contributed by atoms with E-state index in [4.69, 9.17) is 24.9 Å². The minimum Gasteiger partial charge on any atom is -0.456 e. The van der Waals surface area contributed by atoms with Crippen LogP contribution >= 0.6 is 0 Å². The summed E-state index contributed by atoms with van der Waals surface area (Å²) >= 11 is 0. The molecule has 0 bridgehead atoms. The summed E-state index contributed by atoms with van der Waals surface area (Å²) in [4.78, 5) is 14.8. The van der Waals surface area contributed by atoms with E-state index in [0.29, 0.717) is 23.0 Å². The van der Waals surface area contributed by atoms with Crippen molar-refractivity contribution in [2.75, 3.05) is 0 Å². The van der Waals surface area contributed by atoms with Crippen LogP contribution in [-0.4, -0.2) is 15.0 Å². The summed E-state index contributed by atoms with van der Waals surface area (Å²) in [5.74, 6) is 1.56. The number of rotatable bonds is 6. The molecule has 0 atom stereocenters. The lowest BCUT2D eigenvalue weighted by Gasteiger charge is -2.15. The van der Waals surface area contributed by atoms with Crippen molar-refractivity contribution >= 4 is 43.5 Å². The zero-order chi connectivity index (χ0) is 43.8. The van der Waals surface area contributed by atoms with Crippen molar-refractivity contribution in [1.29, 1.82) is 0 Å². The molecule has 9 aromatic carbocycles. The van der Waals surface area contributed by atoms with Gasteiger partial charge in [-0.1, -0.05) is 158 Å². The quantitative estimate of drug-likeness (QED) is 0.171. The highest BCUT2D eigenvalue weighted by atomic mass is 16.3. The fourth-order valence-corrected chi connectivity index (χ4v) is 7.59. The van der Waals surface area contributed by atoms with Crippen LogP contribution in [0.25, 0.3) is 111 Å². The number of para-hydroxylation sites is 1. The Balaban J connectivity index is 1.16. The highest BCUT2D eigenvalue weighted by Crippen LogP contribution is 2.40. The Kier molecular flexibility index (Phi) is 6.22. The van der Waals surface area contributed by atoms with Gasteiger partial charge < -0.3 is 4.42 Å².